The molecular weight excluding hydrogens is 266 g/mol. The van der Waals surface area contributed by atoms with E-state index in [-0.39, 0.29) is 18.4 Å². The van der Waals surface area contributed by atoms with Crippen LogP contribution in [-0.4, -0.2) is 36.9 Å². The zero-order chi connectivity index (χ0) is 15.7. The van der Waals surface area contributed by atoms with E-state index in [2.05, 4.69) is 11.4 Å². The lowest BCUT2D eigenvalue weighted by Crippen LogP contribution is -2.43. The van der Waals surface area contributed by atoms with Crippen LogP contribution in [0, 0.1) is 17.2 Å². The van der Waals surface area contributed by atoms with Crippen molar-refractivity contribution in [1.82, 2.24) is 10.2 Å². The molecule has 0 aromatic heterocycles. The normalized spacial score (nSPS) is 11.3. The van der Waals surface area contributed by atoms with Gasteiger partial charge in [0.05, 0.1) is 12.6 Å². The summed E-state index contributed by atoms with van der Waals surface area (Å²) in [6.45, 7) is 2.40. The molecule has 0 fully saturated rings. The molecule has 0 aliphatic carbocycles. The first-order chi connectivity index (χ1) is 10.1. The number of carbonyl (C=O) groups excluding carboxylic acids is 2. The molecule has 1 aromatic carbocycles. The van der Waals surface area contributed by atoms with Crippen molar-refractivity contribution in [2.75, 3.05) is 20.1 Å². The summed E-state index contributed by atoms with van der Waals surface area (Å²) >= 11 is 0. The summed E-state index contributed by atoms with van der Waals surface area (Å²) < 4.78 is 0. The van der Waals surface area contributed by atoms with Crippen molar-refractivity contribution in [3.8, 4) is 6.07 Å². The summed E-state index contributed by atoms with van der Waals surface area (Å²) in [7, 11) is 1.53. The Morgan fingerprint density at radius 1 is 1.33 bits per heavy atom. The van der Waals surface area contributed by atoms with Crippen LogP contribution in [0.2, 0.25) is 0 Å². The van der Waals surface area contributed by atoms with E-state index in [1.54, 1.807) is 0 Å². The van der Waals surface area contributed by atoms with Gasteiger partial charge in [-0.1, -0.05) is 37.3 Å². The summed E-state index contributed by atoms with van der Waals surface area (Å²) in [5.74, 6) is -1.27. The van der Waals surface area contributed by atoms with Gasteiger partial charge in [0.25, 0.3) is 0 Å². The maximum Gasteiger partial charge on any atom is 0.240 e. The maximum atomic E-state index is 12.4. The molecule has 0 bridgehead atoms. The van der Waals surface area contributed by atoms with Crippen LogP contribution in [0.15, 0.2) is 30.3 Å². The van der Waals surface area contributed by atoms with E-state index in [9.17, 15) is 14.9 Å². The zero-order valence-corrected chi connectivity index (χ0v) is 12.5. The SMILES string of the molecule is CCCN(CC(=O)NC)C(=O)C(C#N)Cc1ccccc1. The first kappa shape index (κ1) is 16.7. The van der Waals surface area contributed by atoms with Gasteiger partial charge in [0.1, 0.15) is 5.92 Å². The molecule has 0 spiro atoms. The quantitative estimate of drug-likeness (QED) is 0.822. The molecule has 1 atom stereocenters. The summed E-state index contributed by atoms with van der Waals surface area (Å²) in [5, 5.41) is 11.8. The lowest BCUT2D eigenvalue weighted by molar-refractivity contribution is -0.137. The third-order valence-electron chi connectivity index (χ3n) is 3.16. The van der Waals surface area contributed by atoms with E-state index in [1.165, 1.54) is 11.9 Å². The van der Waals surface area contributed by atoms with Crippen LogP contribution < -0.4 is 5.32 Å². The average molecular weight is 287 g/mol. The van der Waals surface area contributed by atoms with Crippen LogP contribution in [-0.2, 0) is 16.0 Å². The fraction of sp³-hybridized carbons (Fsp3) is 0.438. The number of hydrogen-bond donors (Lipinski definition) is 1. The molecule has 1 aromatic rings. The van der Waals surface area contributed by atoms with Crippen molar-refractivity contribution in [2.45, 2.75) is 19.8 Å². The minimum absolute atomic E-state index is 0.00383. The first-order valence-corrected chi connectivity index (χ1v) is 7.05. The number of amides is 2. The minimum Gasteiger partial charge on any atom is -0.358 e. The van der Waals surface area contributed by atoms with Crippen LogP contribution in [0.1, 0.15) is 18.9 Å². The molecule has 1 rings (SSSR count). The van der Waals surface area contributed by atoms with Crippen molar-refractivity contribution in [2.24, 2.45) is 5.92 Å². The Labute approximate surface area is 125 Å². The Balaban J connectivity index is 2.79. The Morgan fingerprint density at radius 2 is 2.00 bits per heavy atom. The third kappa shape index (κ3) is 5.27. The van der Waals surface area contributed by atoms with Gasteiger partial charge in [-0.25, -0.2) is 0 Å². The molecule has 5 nitrogen and oxygen atoms in total. The van der Waals surface area contributed by atoms with E-state index in [0.717, 1.165) is 12.0 Å². The monoisotopic (exact) mass is 287 g/mol. The summed E-state index contributed by atoms with van der Waals surface area (Å²) in [5.41, 5.74) is 0.939. The summed E-state index contributed by atoms with van der Waals surface area (Å²) in [6, 6.07) is 11.5. The van der Waals surface area contributed by atoms with Gasteiger partial charge in [0.15, 0.2) is 0 Å². The predicted molar refractivity (Wildman–Crippen MR) is 80.2 cm³/mol. The minimum atomic E-state index is -0.761. The van der Waals surface area contributed by atoms with Crippen molar-refractivity contribution >= 4 is 11.8 Å². The highest BCUT2D eigenvalue weighted by atomic mass is 16.2. The standard InChI is InChI=1S/C16H21N3O2/c1-3-9-19(12-15(20)18-2)16(21)14(11-17)10-13-7-5-4-6-8-13/h4-8,14H,3,9-10,12H2,1-2H3,(H,18,20). The highest BCUT2D eigenvalue weighted by Gasteiger charge is 2.25. The third-order valence-corrected chi connectivity index (χ3v) is 3.16. The molecule has 0 heterocycles. The number of nitriles is 1. The zero-order valence-electron chi connectivity index (χ0n) is 12.5. The number of likely N-dealkylation sites (N-methyl/N-ethyl adjacent to an activating group) is 1. The lowest BCUT2D eigenvalue weighted by Gasteiger charge is -2.23. The molecule has 0 saturated carbocycles. The molecule has 1 N–H and O–H groups in total. The van der Waals surface area contributed by atoms with Gasteiger partial charge in [-0.2, -0.15) is 5.26 Å². The fourth-order valence-corrected chi connectivity index (χ4v) is 2.05. The van der Waals surface area contributed by atoms with Gasteiger partial charge in [0.2, 0.25) is 11.8 Å². The lowest BCUT2D eigenvalue weighted by atomic mass is 9.99. The van der Waals surface area contributed by atoms with Crippen molar-refractivity contribution < 1.29 is 9.59 Å². The molecule has 5 heteroatoms. The van der Waals surface area contributed by atoms with Crippen LogP contribution in [0.5, 0.6) is 0 Å². The molecule has 1 unspecified atom stereocenters. The second-order valence-corrected chi connectivity index (χ2v) is 4.80. The average Bonchev–Trinajstić information content (AvgIpc) is 2.52. The number of rotatable bonds is 7. The van der Waals surface area contributed by atoms with Crippen molar-refractivity contribution in [3.63, 3.8) is 0 Å². The largest absolute Gasteiger partial charge is 0.358 e. The molecular formula is C16H21N3O2. The highest BCUT2D eigenvalue weighted by Crippen LogP contribution is 2.12. The van der Waals surface area contributed by atoms with Gasteiger partial charge in [-0.05, 0) is 18.4 Å². The Kier molecular flexibility index (Phi) is 6.96. The number of hydrogen-bond acceptors (Lipinski definition) is 3. The molecule has 21 heavy (non-hydrogen) atoms. The van der Waals surface area contributed by atoms with Crippen LogP contribution >= 0.6 is 0 Å². The number of benzene rings is 1. The van der Waals surface area contributed by atoms with Crippen molar-refractivity contribution in [1.29, 1.82) is 5.26 Å². The Hall–Kier alpha value is -2.35. The van der Waals surface area contributed by atoms with E-state index >= 15 is 0 Å². The van der Waals surface area contributed by atoms with Crippen LogP contribution in [0.4, 0.5) is 0 Å². The van der Waals surface area contributed by atoms with Gasteiger partial charge in [0, 0.05) is 13.6 Å². The second-order valence-electron chi connectivity index (χ2n) is 4.80. The predicted octanol–water partition coefficient (Wildman–Crippen LogP) is 1.35. The van der Waals surface area contributed by atoms with E-state index < -0.39 is 5.92 Å². The summed E-state index contributed by atoms with van der Waals surface area (Å²) in [4.78, 5) is 25.4. The molecule has 0 saturated heterocycles. The highest BCUT2D eigenvalue weighted by molar-refractivity contribution is 5.87. The van der Waals surface area contributed by atoms with Gasteiger partial charge in [-0.15, -0.1) is 0 Å². The maximum absolute atomic E-state index is 12.4. The molecule has 0 radical (unpaired) electrons. The van der Waals surface area contributed by atoms with Gasteiger partial charge in [-0.3, -0.25) is 9.59 Å². The second kappa shape index (κ2) is 8.75. The van der Waals surface area contributed by atoms with Gasteiger partial charge >= 0.3 is 0 Å². The molecule has 0 aliphatic rings. The van der Waals surface area contributed by atoms with Crippen LogP contribution in [0.3, 0.4) is 0 Å². The van der Waals surface area contributed by atoms with Crippen molar-refractivity contribution in [3.05, 3.63) is 35.9 Å². The molecule has 0 aliphatic heterocycles. The summed E-state index contributed by atoms with van der Waals surface area (Å²) in [6.07, 6.45) is 1.11. The molecule has 2 amide bonds. The van der Waals surface area contributed by atoms with E-state index in [4.69, 9.17) is 0 Å². The Morgan fingerprint density at radius 3 is 2.52 bits per heavy atom. The van der Waals surface area contributed by atoms with Gasteiger partial charge < -0.3 is 10.2 Å². The fourth-order valence-electron chi connectivity index (χ4n) is 2.05. The molecule has 112 valence electrons. The van der Waals surface area contributed by atoms with Crippen LogP contribution in [0.25, 0.3) is 0 Å². The topological polar surface area (TPSA) is 73.2 Å². The Bertz CT molecular complexity index is 508. The number of nitrogens with zero attached hydrogens (tertiary/aromatic N) is 2. The van der Waals surface area contributed by atoms with E-state index in [1.807, 2.05) is 37.3 Å². The smallest absolute Gasteiger partial charge is 0.240 e. The number of carbonyl (C=O) groups is 2. The first-order valence-electron chi connectivity index (χ1n) is 7.05. The number of nitrogens with one attached hydrogen (secondary N) is 1. The van der Waals surface area contributed by atoms with E-state index in [0.29, 0.717) is 13.0 Å².